The first-order valence-electron chi connectivity index (χ1n) is 11.1. The third-order valence-electron chi connectivity index (χ3n) is 6.79. The van der Waals surface area contributed by atoms with E-state index in [1.54, 1.807) is 0 Å². The van der Waals surface area contributed by atoms with Crippen molar-refractivity contribution < 1.29 is 9.59 Å². The molecule has 4 aromatic rings. The highest BCUT2D eigenvalue weighted by molar-refractivity contribution is 8.13. The average Bonchev–Trinajstić information content (AvgIpc) is 3.44. The molecule has 2 aromatic heterocycles. The lowest BCUT2D eigenvalue weighted by atomic mass is 9.93. The number of amidine groups is 1. The topological polar surface area (TPSA) is 106 Å². The fraction of sp³-hybridized carbons (Fsp3) is 0.192. The van der Waals surface area contributed by atoms with Gasteiger partial charge in [0.05, 0.1) is 16.7 Å². The van der Waals surface area contributed by atoms with E-state index in [4.69, 9.17) is 11.1 Å². The van der Waals surface area contributed by atoms with Gasteiger partial charge in [-0.05, 0) is 24.0 Å². The number of benzene rings is 2. The monoisotopic (exact) mass is 469 g/mol. The first kappa shape index (κ1) is 20.8. The number of nitrogens with zero attached hydrogens (tertiary/aromatic N) is 2. The molecule has 1 unspecified atom stereocenters. The van der Waals surface area contributed by atoms with E-state index in [0.717, 1.165) is 51.7 Å². The number of carbonyl (C=O) groups is 2. The highest BCUT2D eigenvalue weighted by Crippen LogP contribution is 2.41. The van der Waals surface area contributed by atoms with Crippen LogP contribution >= 0.6 is 11.8 Å². The Bertz CT molecular complexity index is 1570. The number of thioether (sulfide) groups is 1. The van der Waals surface area contributed by atoms with Crippen LogP contribution in [0.25, 0.3) is 33.0 Å². The zero-order valence-electron chi connectivity index (χ0n) is 18.6. The van der Waals surface area contributed by atoms with Crippen molar-refractivity contribution in [1.82, 2.24) is 14.5 Å². The van der Waals surface area contributed by atoms with Gasteiger partial charge in [0.1, 0.15) is 0 Å². The number of imide groups is 1. The van der Waals surface area contributed by atoms with E-state index in [-0.39, 0.29) is 17.0 Å². The van der Waals surface area contributed by atoms with Gasteiger partial charge in [-0.15, -0.1) is 0 Å². The highest BCUT2D eigenvalue weighted by Gasteiger charge is 2.36. The summed E-state index contributed by atoms with van der Waals surface area (Å²) in [6.07, 6.45) is 4.83. The number of para-hydroxylation sites is 2. The summed E-state index contributed by atoms with van der Waals surface area (Å²) >= 11 is 1.36. The molecule has 0 saturated carbocycles. The lowest BCUT2D eigenvalue weighted by Gasteiger charge is -2.24. The quantitative estimate of drug-likeness (QED) is 0.242. The molecular formula is C26H23N5O2S. The number of aromatic nitrogens is 2. The summed E-state index contributed by atoms with van der Waals surface area (Å²) in [5.74, 6) is 0.374. The molecule has 2 amide bonds. The van der Waals surface area contributed by atoms with Gasteiger partial charge in [0, 0.05) is 59.2 Å². The summed E-state index contributed by atoms with van der Waals surface area (Å²) in [7, 11) is 1.95. The lowest BCUT2D eigenvalue weighted by molar-refractivity contribution is -0.122. The van der Waals surface area contributed by atoms with Gasteiger partial charge in [0.2, 0.25) is 0 Å². The van der Waals surface area contributed by atoms with E-state index in [9.17, 15) is 9.59 Å². The number of carbonyl (C=O) groups excluding carboxylic acids is 2. The smallest absolute Gasteiger partial charge is 0.259 e. The predicted octanol–water partition coefficient (Wildman–Crippen LogP) is 3.50. The van der Waals surface area contributed by atoms with Gasteiger partial charge in [0.15, 0.2) is 5.17 Å². The molecule has 4 N–H and O–H groups in total. The fourth-order valence-corrected chi connectivity index (χ4v) is 6.07. The molecule has 8 heteroatoms. The molecule has 7 nitrogen and oxygen atoms in total. The molecule has 2 aliphatic rings. The zero-order valence-corrected chi connectivity index (χ0v) is 19.4. The number of amides is 2. The molecule has 6 rings (SSSR count). The highest BCUT2D eigenvalue weighted by atomic mass is 32.2. The molecule has 170 valence electrons. The maximum atomic E-state index is 13.1. The van der Waals surface area contributed by atoms with Gasteiger partial charge < -0.3 is 14.9 Å². The second kappa shape index (κ2) is 7.63. The van der Waals surface area contributed by atoms with E-state index in [1.807, 2.05) is 60.4 Å². The molecule has 34 heavy (non-hydrogen) atoms. The van der Waals surface area contributed by atoms with Crippen molar-refractivity contribution in [3.8, 4) is 0 Å². The van der Waals surface area contributed by atoms with Gasteiger partial charge in [-0.3, -0.25) is 20.3 Å². The van der Waals surface area contributed by atoms with Crippen LogP contribution in [0, 0.1) is 11.3 Å². The summed E-state index contributed by atoms with van der Waals surface area (Å²) in [5.41, 5.74) is 11.3. The number of nitrogens with one attached hydrogen (secondary N) is 2. The largest absolute Gasteiger partial charge is 0.379 e. The van der Waals surface area contributed by atoms with Crippen LogP contribution in [0.1, 0.15) is 16.7 Å². The Morgan fingerprint density at radius 1 is 1.06 bits per heavy atom. The molecule has 0 spiro atoms. The number of hydrogen-bond donors (Lipinski definition) is 3. The first-order valence-corrected chi connectivity index (χ1v) is 12.1. The Morgan fingerprint density at radius 2 is 1.76 bits per heavy atom. The SMILES string of the molecule is Cn1cc(C2=C(c3cn4c5c(cccc35)CC(CSC(=N)N)C4)C(=O)NC2=O)c2ccccc21. The number of nitrogens with two attached hydrogens (primary N) is 1. The van der Waals surface area contributed by atoms with Crippen LogP contribution in [0.15, 0.2) is 54.9 Å². The minimum atomic E-state index is -0.362. The number of fused-ring (bicyclic) bond motifs is 1. The number of aryl methyl sites for hydroxylation is 1. The normalized spacial score (nSPS) is 17.7. The van der Waals surface area contributed by atoms with E-state index in [2.05, 4.69) is 16.0 Å². The van der Waals surface area contributed by atoms with E-state index < -0.39 is 0 Å². The predicted molar refractivity (Wildman–Crippen MR) is 136 cm³/mol. The molecule has 1 atom stereocenters. The van der Waals surface area contributed by atoms with Crippen molar-refractivity contribution in [3.63, 3.8) is 0 Å². The van der Waals surface area contributed by atoms with E-state index in [1.165, 1.54) is 17.3 Å². The number of hydrogen-bond acceptors (Lipinski definition) is 4. The lowest BCUT2D eigenvalue weighted by Crippen LogP contribution is -2.22. The van der Waals surface area contributed by atoms with Gasteiger partial charge in [-0.2, -0.15) is 0 Å². The Labute approximate surface area is 200 Å². The maximum absolute atomic E-state index is 13.1. The van der Waals surface area contributed by atoms with Gasteiger partial charge in [0.25, 0.3) is 11.8 Å². The Balaban J connectivity index is 1.55. The summed E-state index contributed by atoms with van der Waals surface area (Å²) in [6.45, 7) is 0.778. The van der Waals surface area contributed by atoms with Gasteiger partial charge >= 0.3 is 0 Å². The van der Waals surface area contributed by atoms with Crippen LogP contribution in [0.4, 0.5) is 0 Å². The first-order chi connectivity index (χ1) is 16.4. The van der Waals surface area contributed by atoms with Crippen LogP contribution in [0.3, 0.4) is 0 Å². The molecule has 4 heterocycles. The molecule has 0 saturated heterocycles. The van der Waals surface area contributed by atoms with Gasteiger partial charge in [-0.25, -0.2) is 0 Å². The van der Waals surface area contributed by atoms with Crippen LogP contribution < -0.4 is 11.1 Å². The van der Waals surface area contributed by atoms with E-state index in [0.29, 0.717) is 17.1 Å². The molecular weight excluding hydrogens is 446 g/mol. The molecule has 2 aliphatic heterocycles. The van der Waals surface area contributed by atoms with Crippen molar-refractivity contribution in [2.45, 2.75) is 13.0 Å². The zero-order chi connectivity index (χ0) is 23.6. The Kier molecular flexibility index (Phi) is 4.67. The summed E-state index contributed by atoms with van der Waals surface area (Å²) in [4.78, 5) is 26.2. The molecule has 2 aromatic carbocycles. The Hall–Kier alpha value is -3.78. The fourth-order valence-electron chi connectivity index (χ4n) is 5.43. The third-order valence-corrected chi connectivity index (χ3v) is 7.74. The van der Waals surface area contributed by atoms with Crippen LogP contribution in [0.2, 0.25) is 0 Å². The molecule has 0 fully saturated rings. The number of rotatable bonds is 4. The van der Waals surface area contributed by atoms with Gasteiger partial charge in [-0.1, -0.05) is 48.2 Å². The van der Waals surface area contributed by atoms with Crippen molar-refractivity contribution in [2.24, 2.45) is 18.7 Å². The summed E-state index contributed by atoms with van der Waals surface area (Å²) in [6, 6.07) is 14.1. The molecule has 0 bridgehead atoms. The van der Waals surface area contributed by atoms with Crippen LogP contribution in [-0.4, -0.2) is 31.9 Å². The standard InChI is InChI=1S/C26H23N5O2S/c1-30-11-18(16-6-2-3-8-20(16)30)21-22(25(33)29-24(21)32)19-12-31-10-14(13-34-26(27)28)9-15-5-4-7-17(19)23(15)31/h2-8,11-12,14H,9-10,13H2,1H3,(H3,27,28)(H,29,32,33). The minimum Gasteiger partial charge on any atom is -0.379 e. The van der Waals surface area contributed by atoms with Crippen molar-refractivity contribution in [1.29, 1.82) is 5.41 Å². The van der Waals surface area contributed by atoms with Crippen LogP contribution in [-0.2, 0) is 29.6 Å². The van der Waals surface area contributed by atoms with Crippen LogP contribution in [0.5, 0.6) is 0 Å². The second-order valence-corrected chi connectivity index (χ2v) is 10.0. The average molecular weight is 470 g/mol. The molecule has 0 aliphatic carbocycles. The maximum Gasteiger partial charge on any atom is 0.259 e. The molecule has 0 radical (unpaired) electrons. The van der Waals surface area contributed by atoms with Crippen molar-refractivity contribution >= 4 is 61.7 Å². The second-order valence-electron chi connectivity index (χ2n) is 8.96. The van der Waals surface area contributed by atoms with E-state index >= 15 is 0 Å². The third kappa shape index (κ3) is 3.09. The Morgan fingerprint density at radius 3 is 2.53 bits per heavy atom. The summed E-state index contributed by atoms with van der Waals surface area (Å²) < 4.78 is 4.18. The minimum absolute atomic E-state index is 0.128. The van der Waals surface area contributed by atoms with Crippen molar-refractivity contribution in [2.75, 3.05) is 5.75 Å². The van der Waals surface area contributed by atoms with Crippen molar-refractivity contribution in [3.05, 3.63) is 71.5 Å². The summed E-state index contributed by atoms with van der Waals surface area (Å²) in [5, 5.41) is 12.1.